The second-order valence-electron chi connectivity index (χ2n) is 11.2. The van der Waals surface area contributed by atoms with Crippen LogP contribution in [0.5, 0.6) is 0 Å². The lowest BCUT2D eigenvalue weighted by atomic mass is 10.1. The summed E-state index contributed by atoms with van der Waals surface area (Å²) in [7, 11) is -6.68. The summed E-state index contributed by atoms with van der Waals surface area (Å²) in [4.78, 5) is 12.8. The molecule has 0 fully saturated rings. The molecule has 0 aliphatic heterocycles. The average molecular weight is 445 g/mol. The van der Waals surface area contributed by atoms with Crippen molar-refractivity contribution < 1.29 is 4.79 Å². The van der Waals surface area contributed by atoms with Gasteiger partial charge in [0, 0.05) is 6.42 Å². The minimum Gasteiger partial charge on any atom is -0.350 e. The van der Waals surface area contributed by atoms with Crippen LogP contribution in [0.1, 0.15) is 20.3 Å². The van der Waals surface area contributed by atoms with E-state index in [0.717, 1.165) is 5.71 Å². The zero-order valence-electron chi connectivity index (χ0n) is 20.4. The maximum atomic E-state index is 12.8. The monoisotopic (exact) mass is 444 g/mol. The fraction of sp³-hybridized carbons (Fsp3) is 0.833. The predicted molar refractivity (Wildman–Crippen MR) is 133 cm³/mol. The third-order valence-corrected chi connectivity index (χ3v) is 17.5. The lowest BCUT2D eigenvalue weighted by Crippen LogP contribution is -2.57. The van der Waals surface area contributed by atoms with E-state index >= 15 is 0 Å². The maximum Gasteiger partial charge on any atom is 0.184 e. The molecule has 27 heavy (non-hydrogen) atoms. The molecule has 158 valence electrons. The first-order chi connectivity index (χ1) is 11.7. The lowest BCUT2D eigenvalue weighted by molar-refractivity contribution is -0.112. The third-order valence-electron chi connectivity index (χ3n) is 3.92. The van der Waals surface area contributed by atoms with Gasteiger partial charge >= 0.3 is 0 Å². The molecule has 0 atom stereocenters. The molecule has 0 spiro atoms. The van der Waals surface area contributed by atoms with Gasteiger partial charge in [0.2, 0.25) is 0 Å². The van der Waals surface area contributed by atoms with Crippen molar-refractivity contribution >= 4 is 50.1 Å². The van der Waals surface area contributed by atoms with Gasteiger partial charge in [0.1, 0.15) is 5.71 Å². The van der Waals surface area contributed by atoms with Gasteiger partial charge in [-0.1, -0.05) is 85.5 Å². The minimum absolute atomic E-state index is 0.0869. The van der Waals surface area contributed by atoms with E-state index in [1.807, 2.05) is 13.8 Å². The Balaban J connectivity index is 6.50. The van der Waals surface area contributed by atoms with Crippen LogP contribution < -0.4 is 0 Å². The van der Waals surface area contributed by atoms with Gasteiger partial charge in [0.15, 0.2) is 38.7 Å². The van der Waals surface area contributed by atoms with Crippen LogP contribution in [0, 0.1) is 0 Å². The maximum absolute atomic E-state index is 12.8. The van der Waals surface area contributed by atoms with Crippen molar-refractivity contribution in [2.75, 3.05) is 0 Å². The fourth-order valence-electron chi connectivity index (χ4n) is 3.41. The molecule has 0 bridgehead atoms. The molecule has 0 aromatic rings. The van der Waals surface area contributed by atoms with E-state index in [1.165, 1.54) is 0 Å². The van der Waals surface area contributed by atoms with Crippen molar-refractivity contribution in [2.45, 2.75) is 98.8 Å². The van der Waals surface area contributed by atoms with E-state index in [0.29, 0.717) is 12.1 Å². The third kappa shape index (κ3) is 8.16. The van der Waals surface area contributed by atoms with Crippen molar-refractivity contribution in [3.63, 3.8) is 0 Å². The molecule has 0 rings (SSSR count). The Morgan fingerprint density at radius 3 is 1.22 bits per heavy atom. The highest BCUT2D eigenvalue weighted by atomic mass is 28.4. The van der Waals surface area contributed by atoms with E-state index in [2.05, 4.69) is 87.2 Å². The van der Waals surface area contributed by atoms with Crippen LogP contribution in [0.3, 0.4) is 0 Å². The second kappa shape index (κ2) is 8.87. The number of hydrogen-bond acceptors (Lipinski definition) is 5. The molecule has 0 saturated heterocycles. The summed E-state index contributed by atoms with van der Waals surface area (Å²) in [6, 6.07) is 0. The van der Waals surface area contributed by atoms with Gasteiger partial charge in [-0.25, -0.2) is 0 Å². The molecule has 0 radical (unpaired) electrons. The number of ketones is 1. The van der Waals surface area contributed by atoms with Crippen molar-refractivity contribution in [2.24, 2.45) is 10.2 Å². The molecule has 0 amide bonds. The van der Waals surface area contributed by atoms with Crippen LogP contribution in [0.25, 0.3) is 0 Å². The first-order valence-electron chi connectivity index (χ1n) is 10.0. The highest BCUT2D eigenvalue weighted by molar-refractivity contribution is 6.90. The summed E-state index contributed by atoms with van der Waals surface area (Å²) >= 11 is 0. The summed E-state index contributed by atoms with van der Waals surface area (Å²) in [6.45, 7) is 31.6. The van der Waals surface area contributed by atoms with Crippen molar-refractivity contribution in [1.82, 2.24) is 8.68 Å². The fourth-order valence-corrected chi connectivity index (χ4v) is 21.2. The van der Waals surface area contributed by atoms with E-state index in [1.54, 1.807) is 0 Å². The number of rotatable bonds is 9. The van der Waals surface area contributed by atoms with Crippen LogP contribution >= 0.6 is 0 Å². The van der Waals surface area contributed by atoms with Crippen molar-refractivity contribution in [3.05, 3.63) is 0 Å². The van der Waals surface area contributed by atoms with Gasteiger partial charge in [-0.15, -0.1) is 0 Å². The first-order valence-corrected chi connectivity index (χ1v) is 23.8. The second-order valence-corrected chi connectivity index (χ2v) is 31.2. The number of carbonyl (C=O) groups excluding carboxylic acids is 1. The smallest absolute Gasteiger partial charge is 0.184 e. The first kappa shape index (κ1) is 26.5. The van der Waals surface area contributed by atoms with E-state index in [-0.39, 0.29) is 5.78 Å². The number of hydrazone groups is 2. The summed E-state index contributed by atoms with van der Waals surface area (Å²) in [5, 5.41) is 10.0. The Kier molecular flexibility index (Phi) is 8.70. The Bertz CT molecular complexity index is 562. The summed E-state index contributed by atoms with van der Waals surface area (Å²) in [6.07, 6.45) is 0.455. The molecule has 0 aromatic heterocycles. The zero-order chi connectivity index (χ0) is 22.0. The molecule has 0 heterocycles. The SMILES string of the molecule is CCC(=O)C(=NN([Si](C)(C)C)[Si](C)(C)C)C(C)=NN([Si](C)(C)C)[Si](C)(C)C. The molecular formula is C18H44N4OSi4. The molecule has 9 heteroatoms. The van der Waals surface area contributed by atoms with Gasteiger partial charge in [0.25, 0.3) is 0 Å². The Morgan fingerprint density at radius 1 is 0.667 bits per heavy atom. The molecule has 0 aliphatic rings. The van der Waals surface area contributed by atoms with Crippen LogP contribution in [-0.4, -0.2) is 58.8 Å². The largest absolute Gasteiger partial charge is 0.350 e. The Hall–Kier alpha value is -0.522. The lowest BCUT2D eigenvalue weighted by Gasteiger charge is -2.43. The van der Waals surface area contributed by atoms with Crippen LogP contribution in [0.15, 0.2) is 10.2 Å². The van der Waals surface area contributed by atoms with Crippen molar-refractivity contribution in [1.29, 1.82) is 0 Å². The van der Waals surface area contributed by atoms with Crippen LogP contribution in [0.4, 0.5) is 0 Å². The summed E-state index contributed by atoms with van der Waals surface area (Å²) < 4.78 is 4.68. The van der Waals surface area contributed by atoms with E-state index in [9.17, 15) is 4.79 Å². The quantitative estimate of drug-likeness (QED) is 0.262. The van der Waals surface area contributed by atoms with E-state index in [4.69, 9.17) is 10.2 Å². The summed E-state index contributed by atoms with van der Waals surface area (Å²) in [5.74, 6) is 0.0869. The predicted octanol–water partition coefficient (Wildman–Crippen LogP) is 5.64. The van der Waals surface area contributed by atoms with Gasteiger partial charge in [-0.3, -0.25) is 4.79 Å². The number of hydrogen-bond donors (Lipinski definition) is 0. The number of carbonyl (C=O) groups is 1. The standard InChI is InChI=1S/C18H44N4OSi4/c1-15-17(23)18(20-22(26(9,10)11)27(12,13)14)16(2)19-21(24(3,4)5)25(6,7)8/h15H2,1-14H3. The van der Waals surface area contributed by atoms with Gasteiger partial charge < -0.3 is 8.68 Å². The normalized spacial score (nSPS) is 15.0. The summed E-state index contributed by atoms with van der Waals surface area (Å²) in [5.41, 5.74) is 1.33. The molecular weight excluding hydrogens is 401 g/mol. The topological polar surface area (TPSA) is 48.3 Å². The average Bonchev–Trinajstić information content (AvgIpc) is 2.39. The van der Waals surface area contributed by atoms with E-state index < -0.39 is 32.9 Å². The molecule has 0 aliphatic carbocycles. The Labute approximate surface area is 172 Å². The zero-order valence-corrected chi connectivity index (χ0v) is 24.4. The molecule has 0 unspecified atom stereocenters. The van der Waals surface area contributed by atoms with Gasteiger partial charge in [-0.2, -0.15) is 10.2 Å². The van der Waals surface area contributed by atoms with Gasteiger partial charge in [0.05, 0.1) is 5.71 Å². The Morgan fingerprint density at radius 2 is 0.963 bits per heavy atom. The number of nitrogens with zero attached hydrogens (tertiary/aromatic N) is 4. The molecule has 5 nitrogen and oxygen atoms in total. The number of Topliss-reactive ketones (excluding diaryl/α,β-unsaturated/α-hetero) is 1. The van der Waals surface area contributed by atoms with Crippen LogP contribution in [-0.2, 0) is 4.79 Å². The minimum atomic E-state index is -1.70. The molecule has 0 N–H and O–H groups in total. The highest BCUT2D eigenvalue weighted by Crippen LogP contribution is 2.22. The molecule has 0 aromatic carbocycles. The van der Waals surface area contributed by atoms with Crippen molar-refractivity contribution in [3.8, 4) is 0 Å². The van der Waals surface area contributed by atoms with Crippen LogP contribution in [0.2, 0.25) is 78.6 Å². The van der Waals surface area contributed by atoms with Gasteiger partial charge in [-0.05, 0) is 6.92 Å². The highest BCUT2D eigenvalue weighted by Gasteiger charge is 2.36. The molecule has 0 saturated carbocycles.